The normalized spacial score (nSPS) is 9.92. The molecule has 0 unspecified atom stereocenters. The first-order chi connectivity index (χ1) is 5.54. The van der Waals surface area contributed by atoms with Crippen LogP contribution in [0.15, 0.2) is 0 Å². The number of amides is 1. The van der Waals surface area contributed by atoms with E-state index in [0.29, 0.717) is 13.0 Å². The lowest BCUT2D eigenvalue weighted by molar-refractivity contribution is -0.123. The van der Waals surface area contributed by atoms with Gasteiger partial charge in [0, 0.05) is 18.9 Å². The topological polar surface area (TPSA) is 79.0 Å². The minimum atomic E-state index is 0.0299. The van der Waals surface area contributed by atoms with Gasteiger partial charge >= 0.3 is 0 Å². The summed E-state index contributed by atoms with van der Waals surface area (Å²) in [4.78, 5) is 11.0. The van der Waals surface area contributed by atoms with E-state index in [0.717, 1.165) is 6.42 Å². The molecule has 4 nitrogen and oxygen atoms in total. The van der Waals surface area contributed by atoms with Crippen LogP contribution in [0.2, 0.25) is 0 Å². The van der Waals surface area contributed by atoms with Gasteiger partial charge < -0.3 is 11.1 Å². The van der Waals surface area contributed by atoms with E-state index in [1.807, 2.05) is 13.8 Å². The molecule has 0 aromatic rings. The van der Waals surface area contributed by atoms with Crippen molar-refractivity contribution in [2.45, 2.75) is 26.7 Å². The van der Waals surface area contributed by atoms with Crippen LogP contribution in [0, 0.1) is 11.3 Å². The average molecular weight is 171 g/mol. The molecule has 0 aromatic carbocycles. The van der Waals surface area contributed by atoms with Gasteiger partial charge in [0.1, 0.15) is 0 Å². The van der Waals surface area contributed by atoms with E-state index in [1.54, 1.807) is 0 Å². The van der Waals surface area contributed by atoms with Crippen LogP contribution >= 0.6 is 0 Å². The van der Waals surface area contributed by atoms with Gasteiger partial charge in [-0.15, -0.1) is 0 Å². The molecule has 12 heavy (non-hydrogen) atoms. The van der Waals surface area contributed by atoms with E-state index in [2.05, 4.69) is 5.32 Å². The van der Waals surface area contributed by atoms with Crippen molar-refractivity contribution in [1.29, 1.82) is 5.41 Å². The molecule has 0 aliphatic carbocycles. The zero-order valence-corrected chi connectivity index (χ0v) is 7.68. The van der Waals surface area contributed by atoms with E-state index in [1.165, 1.54) is 0 Å². The summed E-state index contributed by atoms with van der Waals surface area (Å²) >= 11 is 0. The highest BCUT2D eigenvalue weighted by Gasteiger charge is 2.04. The minimum absolute atomic E-state index is 0.0299. The molecule has 0 bridgehead atoms. The van der Waals surface area contributed by atoms with E-state index < -0.39 is 0 Å². The van der Waals surface area contributed by atoms with Gasteiger partial charge in [0.25, 0.3) is 0 Å². The maximum absolute atomic E-state index is 11.0. The maximum Gasteiger partial charge on any atom is 0.222 e. The molecule has 0 rings (SSSR count). The molecule has 0 fully saturated rings. The van der Waals surface area contributed by atoms with E-state index >= 15 is 0 Å². The van der Waals surface area contributed by atoms with Gasteiger partial charge in [0.2, 0.25) is 5.91 Å². The average Bonchev–Trinajstić information content (AvgIpc) is 1.97. The molecular formula is C8H17N3O. The third-order valence-corrected chi connectivity index (χ3v) is 1.45. The van der Waals surface area contributed by atoms with Crippen LogP contribution < -0.4 is 11.1 Å². The summed E-state index contributed by atoms with van der Waals surface area (Å²) in [5, 5.41) is 9.68. The largest absolute Gasteiger partial charge is 0.388 e. The van der Waals surface area contributed by atoms with E-state index in [4.69, 9.17) is 11.1 Å². The highest BCUT2D eigenvalue weighted by atomic mass is 16.1. The fourth-order valence-corrected chi connectivity index (χ4v) is 0.695. The highest BCUT2D eigenvalue weighted by molar-refractivity contribution is 5.78. The Morgan fingerprint density at radius 2 is 2.17 bits per heavy atom. The first-order valence-corrected chi connectivity index (χ1v) is 4.14. The Balaban J connectivity index is 3.32. The summed E-state index contributed by atoms with van der Waals surface area (Å²) in [6, 6.07) is 0. The number of nitrogens with two attached hydrogens (primary N) is 1. The Hall–Kier alpha value is -1.06. The Morgan fingerprint density at radius 1 is 1.58 bits per heavy atom. The summed E-state index contributed by atoms with van der Waals surface area (Å²) in [7, 11) is 0. The standard InChI is InChI=1S/C8H17N3O/c1-6(2)8(12)11-5-3-4-7(9)10/h6H,3-5H2,1-2H3,(H3,9,10)(H,11,12). The fraction of sp³-hybridized carbons (Fsp3) is 0.750. The van der Waals surface area contributed by atoms with Crippen molar-refractivity contribution >= 4 is 11.7 Å². The molecule has 0 aliphatic rings. The van der Waals surface area contributed by atoms with Gasteiger partial charge in [-0.1, -0.05) is 13.8 Å². The molecule has 0 radical (unpaired) electrons. The fourth-order valence-electron chi connectivity index (χ4n) is 0.695. The molecule has 0 aliphatic heterocycles. The van der Waals surface area contributed by atoms with Crippen LogP contribution in [-0.2, 0) is 4.79 Å². The minimum Gasteiger partial charge on any atom is -0.388 e. The number of hydrogen-bond donors (Lipinski definition) is 3. The zero-order chi connectivity index (χ0) is 9.56. The summed E-state index contributed by atoms with van der Waals surface area (Å²) in [5.41, 5.74) is 5.14. The lowest BCUT2D eigenvalue weighted by atomic mass is 10.2. The Kier molecular flexibility index (Phi) is 5.08. The molecule has 0 heterocycles. The molecule has 0 saturated carbocycles. The number of carbonyl (C=O) groups excluding carboxylic acids is 1. The van der Waals surface area contributed by atoms with Crippen molar-refractivity contribution in [3.8, 4) is 0 Å². The summed E-state index contributed by atoms with van der Waals surface area (Å²) < 4.78 is 0. The van der Waals surface area contributed by atoms with Gasteiger partial charge in [-0.2, -0.15) is 0 Å². The Labute approximate surface area is 73.0 Å². The Bertz CT molecular complexity index is 166. The van der Waals surface area contributed by atoms with Gasteiger partial charge in [-0.25, -0.2) is 0 Å². The number of rotatable bonds is 5. The first kappa shape index (κ1) is 10.9. The van der Waals surface area contributed by atoms with Crippen LogP contribution in [0.3, 0.4) is 0 Å². The van der Waals surface area contributed by atoms with Crippen molar-refractivity contribution in [2.24, 2.45) is 11.7 Å². The number of amidine groups is 1. The van der Waals surface area contributed by atoms with Crippen molar-refractivity contribution in [1.82, 2.24) is 5.32 Å². The number of nitrogens with one attached hydrogen (secondary N) is 2. The van der Waals surface area contributed by atoms with Crippen LogP contribution in [0.1, 0.15) is 26.7 Å². The summed E-state index contributed by atoms with van der Waals surface area (Å²) in [6.45, 7) is 4.30. The number of hydrogen-bond acceptors (Lipinski definition) is 2. The zero-order valence-electron chi connectivity index (χ0n) is 7.68. The third-order valence-electron chi connectivity index (χ3n) is 1.45. The van der Waals surface area contributed by atoms with Crippen molar-refractivity contribution in [2.75, 3.05) is 6.54 Å². The molecular weight excluding hydrogens is 154 g/mol. The molecule has 0 saturated heterocycles. The lowest BCUT2D eigenvalue weighted by Crippen LogP contribution is -2.29. The predicted octanol–water partition coefficient (Wildman–Crippen LogP) is 0.475. The second-order valence-corrected chi connectivity index (χ2v) is 3.07. The maximum atomic E-state index is 11.0. The van der Waals surface area contributed by atoms with Gasteiger partial charge in [0.05, 0.1) is 5.84 Å². The molecule has 0 aromatic heterocycles. The Morgan fingerprint density at radius 3 is 2.58 bits per heavy atom. The first-order valence-electron chi connectivity index (χ1n) is 4.14. The van der Waals surface area contributed by atoms with Gasteiger partial charge in [-0.3, -0.25) is 10.2 Å². The predicted molar refractivity (Wildman–Crippen MR) is 49.0 cm³/mol. The van der Waals surface area contributed by atoms with E-state index in [9.17, 15) is 4.79 Å². The van der Waals surface area contributed by atoms with Crippen molar-refractivity contribution < 1.29 is 4.79 Å². The summed E-state index contributed by atoms with van der Waals surface area (Å²) in [5.74, 6) is 0.259. The van der Waals surface area contributed by atoms with Crippen LogP contribution in [0.5, 0.6) is 0 Å². The third kappa shape index (κ3) is 5.70. The molecule has 1 amide bonds. The molecule has 0 spiro atoms. The molecule has 70 valence electrons. The second-order valence-electron chi connectivity index (χ2n) is 3.07. The molecule has 4 N–H and O–H groups in total. The van der Waals surface area contributed by atoms with Gasteiger partial charge in [0.15, 0.2) is 0 Å². The van der Waals surface area contributed by atoms with Gasteiger partial charge in [-0.05, 0) is 6.42 Å². The van der Waals surface area contributed by atoms with E-state index in [-0.39, 0.29) is 17.7 Å². The highest BCUT2D eigenvalue weighted by Crippen LogP contribution is 1.91. The van der Waals surface area contributed by atoms with Crippen molar-refractivity contribution in [3.05, 3.63) is 0 Å². The molecule has 0 atom stereocenters. The smallest absolute Gasteiger partial charge is 0.222 e. The van der Waals surface area contributed by atoms with Crippen molar-refractivity contribution in [3.63, 3.8) is 0 Å². The van der Waals surface area contributed by atoms with Crippen LogP contribution in [0.4, 0.5) is 0 Å². The number of carbonyl (C=O) groups is 1. The second kappa shape index (κ2) is 5.57. The van der Waals surface area contributed by atoms with Crippen LogP contribution in [0.25, 0.3) is 0 Å². The SMILES string of the molecule is CC(C)C(=O)NCCCC(=N)N. The quantitative estimate of drug-likeness (QED) is 0.319. The monoisotopic (exact) mass is 171 g/mol. The lowest BCUT2D eigenvalue weighted by Gasteiger charge is -2.06. The molecule has 4 heteroatoms. The summed E-state index contributed by atoms with van der Waals surface area (Å²) in [6.07, 6.45) is 1.30. The van der Waals surface area contributed by atoms with Crippen LogP contribution in [-0.4, -0.2) is 18.3 Å².